The van der Waals surface area contributed by atoms with Crippen molar-refractivity contribution in [3.63, 3.8) is 0 Å². The molecule has 4 aromatic carbocycles. The van der Waals surface area contributed by atoms with Crippen molar-refractivity contribution >= 4 is 62.0 Å². The SMILES string of the molecule is Cc1cc2c(cc1C)-c1nc-2nc2[n-]c(nc3nc(nc4[n-]c(n1)c1cc(C)c(C)cc41)-c1cc(C)c(C)cc1-3)c1cc(C)c(C)cc21.O=C(O)c1ccncc1C(=O)O.O=C(O)c1ccncc1OCO.[Ru+2]. The summed E-state index contributed by atoms with van der Waals surface area (Å²) in [6, 6.07) is 19.6. The fourth-order valence-electron chi connectivity index (χ4n) is 8.20. The van der Waals surface area contributed by atoms with E-state index in [1.165, 1.54) is 24.7 Å². The number of nitrogens with zero attached hydrogens (tertiary/aromatic N) is 10. The van der Waals surface area contributed by atoms with Gasteiger partial charge in [0.2, 0.25) is 0 Å². The molecule has 366 valence electrons. The standard InChI is InChI=1S/C40H32N8.C7H7NO4.C7H5NO4.Ru/c1-17-9-25-26(10-18(17)2)34-41-33(25)45-35-27-11-19(3)20(4)12-28(27)37(42-35)47-39-31-15-23(7)24(8)16-32(31)40(44-39)48-38-30-14-22(6)21(5)13-29(30)36(43-38)46-34;9-4-12-6-3-8-2-1-5(6)7(10)11;9-6(10)4-1-2-8-3-5(4)7(11)12;/h9-16H,1-8H3;1-3,9H,4H2,(H,10,11);1-3H,(H,9,10)(H,11,12);/q-2;;;+2. The van der Waals surface area contributed by atoms with Crippen LogP contribution in [0.3, 0.4) is 0 Å². The van der Waals surface area contributed by atoms with Crippen molar-refractivity contribution in [1.29, 1.82) is 0 Å². The third-order valence-corrected chi connectivity index (χ3v) is 12.7. The Balaban J connectivity index is 0.000000234. The van der Waals surface area contributed by atoms with Crippen molar-refractivity contribution < 1.29 is 59.0 Å². The molecule has 19 heteroatoms. The average molecular weight is 1060 g/mol. The molecule has 11 rings (SSSR count). The number of hydrogen-bond acceptors (Lipinski definition) is 13. The summed E-state index contributed by atoms with van der Waals surface area (Å²) >= 11 is 0. The van der Waals surface area contributed by atoms with Crippen LogP contribution >= 0.6 is 0 Å². The molecule has 73 heavy (non-hydrogen) atoms. The number of aromatic nitrogens is 10. The zero-order valence-electron chi connectivity index (χ0n) is 40.5. The van der Waals surface area contributed by atoms with Crippen LogP contribution in [0.25, 0.3) is 89.7 Å². The Hall–Kier alpha value is -8.67. The van der Waals surface area contributed by atoms with Gasteiger partial charge in [0.05, 0.1) is 40.6 Å². The van der Waals surface area contributed by atoms with E-state index in [9.17, 15) is 14.4 Å². The molecule has 5 aromatic heterocycles. The predicted molar refractivity (Wildman–Crippen MR) is 269 cm³/mol. The average Bonchev–Trinajstić information content (AvgIpc) is 4.05. The summed E-state index contributed by atoms with van der Waals surface area (Å²) in [5, 5.41) is 37.7. The van der Waals surface area contributed by atoms with Crippen LogP contribution in [0.4, 0.5) is 0 Å². The number of rotatable bonds is 5. The van der Waals surface area contributed by atoms with Crippen molar-refractivity contribution in [2.24, 2.45) is 0 Å². The van der Waals surface area contributed by atoms with Gasteiger partial charge in [-0.05, 0) is 158 Å². The van der Waals surface area contributed by atoms with Gasteiger partial charge in [0, 0.05) is 63.4 Å². The number of pyridine rings is 2. The maximum Gasteiger partial charge on any atom is 2.00 e. The monoisotopic (exact) mass is 1060 g/mol. The second-order valence-electron chi connectivity index (χ2n) is 17.4. The Morgan fingerprint density at radius 1 is 0.438 bits per heavy atom. The maximum atomic E-state index is 10.5. The number of carboxylic acid groups (broad SMARTS) is 3. The molecule has 7 heterocycles. The number of benzene rings is 4. The fourth-order valence-corrected chi connectivity index (χ4v) is 8.20. The molecular weight excluding hydrogens is 1020 g/mol. The fraction of sp³-hybridized carbons (Fsp3) is 0.167. The third-order valence-electron chi connectivity index (χ3n) is 12.7. The number of aliphatic hydroxyl groups excluding tert-OH is 1. The first-order valence-electron chi connectivity index (χ1n) is 22.4. The molecule has 8 bridgehead atoms. The minimum atomic E-state index is -1.29. The van der Waals surface area contributed by atoms with E-state index in [2.05, 4.69) is 119 Å². The Morgan fingerprint density at radius 2 is 0.740 bits per heavy atom. The van der Waals surface area contributed by atoms with Crippen LogP contribution < -0.4 is 14.7 Å². The Bertz CT molecular complexity index is 3540. The maximum absolute atomic E-state index is 10.5. The van der Waals surface area contributed by atoms with E-state index in [1.54, 1.807) is 0 Å². The van der Waals surface area contributed by atoms with Crippen LogP contribution in [-0.4, -0.2) is 85.0 Å². The summed E-state index contributed by atoms with van der Waals surface area (Å²) in [5.41, 5.74) is 14.7. The van der Waals surface area contributed by atoms with Crippen molar-refractivity contribution in [2.75, 3.05) is 6.79 Å². The largest absolute Gasteiger partial charge is 2.00 e. The van der Waals surface area contributed by atoms with E-state index in [-0.39, 0.29) is 41.9 Å². The zero-order valence-corrected chi connectivity index (χ0v) is 42.3. The van der Waals surface area contributed by atoms with Gasteiger partial charge in [-0.3, -0.25) is 9.97 Å². The first-order chi connectivity index (χ1) is 34.4. The van der Waals surface area contributed by atoms with Gasteiger partial charge in [-0.25, -0.2) is 24.4 Å². The number of aliphatic hydroxyl groups is 1. The second-order valence-corrected chi connectivity index (χ2v) is 17.4. The number of hydrogen-bond donors (Lipinski definition) is 4. The molecule has 0 fully saturated rings. The molecule has 18 nitrogen and oxygen atoms in total. The van der Waals surface area contributed by atoms with Crippen molar-refractivity contribution in [2.45, 2.75) is 55.4 Å². The van der Waals surface area contributed by atoms with Gasteiger partial charge in [-0.1, -0.05) is 24.3 Å². The zero-order chi connectivity index (χ0) is 51.3. The van der Waals surface area contributed by atoms with Crippen LogP contribution in [-0.2, 0) is 19.5 Å². The summed E-state index contributed by atoms with van der Waals surface area (Å²) in [6.45, 7) is 16.3. The van der Waals surface area contributed by atoms with Gasteiger partial charge in [0.1, 0.15) is 5.56 Å². The molecule has 0 radical (unpaired) electrons. The molecule has 0 amide bonds. The number of ether oxygens (including phenoxy) is 1. The first kappa shape index (κ1) is 50.7. The molecule has 0 atom stereocenters. The van der Waals surface area contributed by atoms with E-state index >= 15 is 0 Å². The molecule has 4 N–H and O–H groups in total. The van der Waals surface area contributed by atoms with E-state index in [0.29, 0.717) is 45.9 Å². The van der Waals surface area contributed by atoms with Crippen molar-refractivity contribution in [3.05, 3.63) is 147 Å². The van der Waals surface area contributed by atoms with E-state index in [1.807, 2.05) is 0 Å². The number of carboxylic acids is 3. The minimum absolute atomic E-state index is 0. The molecule has 2 aliphatic rings. The van der Waals surface area contributed by atoms with Gasteiger partial charge in [-0.2, -0.15) is 0 Å². The summed E-state index contributed by atoms with van der Waals surface area (Å²) in [5.74, 6) is -1.33. The summed E-state index contributed by atoms with van der Waals surface area (Å²) in [7, 11) is 0. The van der Waals surface area contributed by atoms with Crippen LogP contribution in [0.15, 0.2) is 85.5 Å². The molecular formula is C54H44N10O8Ru. The topological polar surface area (TPSA) is 273 Å². The quantitative estimate of drug-likeness (QED) is 0.0923. The van der Waals surface area contributed by atoms with Gasteiger partial charge in [0.15, 0.2) is 12.5 Å². The van der Waals surface area contributed by atoms with Crippen molar-refractivity contribution in [3.8, 4) is 51.3 Å². The minimum Gasteiger partial charge on any atom is -0.478 e. The first-order valence-corrected chi connectivity index (χ1v) is 22.4. The van der Waals surface area contributed by atoms with Crippen LogP contribution in [0, 0.1) is 55.4 Å². The van der Waals surface area contributed by atoms with Crippen molar-refractivity contribution in [1.82, 2.24) is 49.8 Å². The smallest absolute Gasteiger partial charge is 0.478 e. The Labute approximate surface area is 429 Å². The Morgan fingerprint density at radius 3 is 1.04 bits per heavy atom. The van der Waals surface area contributed by atoms with Crippen LogP contribution in [0.2, 0.25) is 0 Å². The molecule has 0 saturated carbocycles. The van der Waals surface area contributed by atoms with Crippen LogP contribution in [0.5, 0.6) is 5.75 Å². The van der Waals surface area contributed by atoms with Gasteiger partial charge < -0.3 is 55.1 Å². The molecule has 0 spiro atoms. The molecule has 0 saturated heterocycles. The summed E-state index contributed by atoms with van der Waals surface area (Å²) in [6.07, 6.45) is 4.81. The van der Waals surface area contributed by atoms with Crippen LogP contribution in [0.1, 0.15) is 75.6 Å². The Kier molecular flexibility index (Phi) is 14.0. The number of aryl methyl sites for hydroxylation is 8. The molecule has 2 aliphatic heterocycles. The second kappa shape index (κ2) is 20.2. The summed E-state index contributed by atoms with van der Waals surface area (Å²) < 4.78 is 4.61. The van der Waals surface area contributed by atoms with Gasteiger partial charge in [0.25, 0.3) is 0 Å². The normalized spacial score (nSPS) is 11.1. The van der Waals surface area contributed by atoms with E-state index < -0.39 is 24.7 Å². The molecule has 0 unspecified atom stereocenters. The number of carbonyl (C=O) groups is 3. The summed E-state index contributed by atoms with van der Waals surface area (Å²) in [4.78, 5) is 79.3. The van der Waals surface area contributed by atoms with Gasteiger partial charge >= 0.3 is 37.4 Å². The number of aromatic carboxylic acids is 3. The third kappa shape index (κ3) is 9.75. The predicted octanol–water partition coefficient (Wildman–Crippen LogP) is 9.18. The molecule has 0 aliphatic carbocycles. The van der Waals surface area contributed by atoms with E-state index in [0.717, 1.165) is 101 Å². The van der Waals surface area contributed by atoms with Gasteiger partial charge in [-0.15, -0.1) is 0 Å². The number of fused-ring (bicyclic) bond motifs is 20. The molecule has 9 aromatic rings. The van der Waals surface area contributed by atoms with E-state index in [4.69, 9.17) is 60.3 Å².